The number of nitrogens with zero attached hydrogens (tertiary/aromatic N) is 1. The van der Waals surface area contributed by atoms with E-state index in [-0.39, 0.29) is 5.82 Å². The van der Waals surface area contributed by atoms with Gasteiger partial charge in [0, 0.05) is 5.69 Å². The molecular weight excluding hydrogens is 231 g/mol. The molecule has 0 atom stereocenters. The van der Waals surface area contributed by atoms with Crippen molar-refractivity contribution in [2.45, 2.75) is 6.92 Å². The molecule has 1 N–H and O–H groups in total. The van der Waals surface area contributed by atoms with Crippen LogP contribution < -0.4 is 5.32 Å². The van der Waals surface area contributed by atoms with E-state index >= 15 is 0 Å². The molecule has 0 aliphatic carbocycles. The number of oxazole rings is 1. The summed E-state index contributed by atoms with van der Waals surface area (Å²) in [4.78, 5) is 4.32. The van der Waals surface area contributed by atoms with Gasteiger partial charge in [0.25, 0.3) is 6.01 Å². The van der Waals surface area contributed by atoms with Crippen LogP contribution >= 0.6 is 0 Å². The minimum atomic E-state index is -0.270. The lowest BCUT2D eigenvalue weighted by Gasteiger charge is -1.99. The lowest BCUT2D eigenvalue weighted by atomic mass is 10.2. The standard InChI is InChI=1S/C14H11FN2O/c1-9-2-7-13-12(8-9)17-14(18-13)16-11-5-3-10(15)4-6-11/h2-8H,1H3,(H,16,17). The van der Waals surface area contributed by atoms with E-state index in [9.17, 15) is 4.39 Å². The Morgan fingerprint density at radius 3 is 2.67 bits per heavy atom. The topological polar surface area (TPSA) is 38.1 Å². The van der Waals surface area contributed by atoms with Gasteiger partial charge in [-0.1, -0.05) is 6.07 Å². The van der Waals surface area contributed by atoms with E-state index in [4.69, 9.17) is 4.42 Å². The molecule has 1 heterocycles. The molecule has 0 aliphatic heterocycles. The predicted molar refractivity (Wildman–Crippen MR) is 68.4 cm³/mol. The van der Waals surface area contributed by atoms with Crippen LogP contribution in [0.2, 0.25) is 0 Å². The van der Waals surface area contributed by atoms with Crippen molar-refractivity contribution in [3.63, 3.8) is 0 Å². The fraction of sp³-hybridized carbons (Fsp3) is 0.0714. The Balaban J connectivity index is 1.92. The summed E-state index contributed by atoms with van der Waals surface area (Å²) < 4.78 is 18.3. The number of rotatable bonds is 2. The van der Waals surface area contributed by atoms with E-state index in [0.717, 1.165) is 22.4 Å². The maximum Gasteiger partial charge on any atom is 0.300 e. The number of halogens is 1. The van der Waals surface area contributed by atoms with Crippen LogP contribution in [0.15, 0.2) is 46.9 Å². The highest BCUT2D eigenvalue weighted by atomic mass is 19.1. The lowest BCUT2D eigenvalue weighted by Crippen LogP contribution is -1.89. The second-order valence-corrected chi connectivity index (χ2v) is 4.12. The summed E-state index contributed by atoms with van der Waals surface area (Å²) in [5, 5.41) is 3.00. The number of anilines is 2. The maximum atomic E-state index is 12.8. The third kappa shape index (κ3) is 2.05. The second-order valence-electron chi connectivity index (χ2n) is 4.12. The molecule has 0 saturated carbocycles. The van der Waals surface area contributed by atoms with Gasteiger partial charge in [0.1, 0.15) is 11.3 Å². The molecule has 3 nitrogen and oxygen atoms in total. The number of benzene rings is 2. The number of hydrogen-bond donors (Lipinski definition) is 1. The molecule has 0 fully saturated rings. The van der Waals surface area contributed by atoms with Crippen molar-refractivity contribution in [2.75, 3.05) is 5.32 Å². The smallest absolute Gasteiger partial charge is 0.300 e. The van der Waals surface area contributed by atoms with E-state index in [1.807, 2.05) is 25.1 Å². The summed E-state index contributed by atoms with van der Waals surface area (Å²) in [5.41, 5.74) is 3.40. The molecule has 0 aliphatic rings. The molecule has 0 spiro atoms. The van der Waals surface area contributed by atoms with Gasteiger partial charge in [0.05, 0.1) is 0 Å². The van der Waals surface area contributed by atoms with Crippen LogP contribution in [-0.2, 0) is 0 Å². The molecule has 18 heavy (non-hydrogen) atoms. The minimum Gasteiger partial charge on any atom is -0.423 e. The van der Waals surface area contributed by atoms with Gasteiger partial charge in [0.2, 0.25) is 0 Å². The van der Waals surface area contributed by atoms with Crippen LogP contribution in [-0.4, -0.2) is 4.98 Å². The Kier molecular flexibility index (Phi) is 2.48. The van der Waals surface area contributed by atoms with Gasteiger partial charge in [-0.25, -0.2) is 4.39 Å². The van der Waals surface area contributed by atoms with Crippen LogP contribution in [0.5, 0.6) is 0 Å². The van der Waals surface area contributed by atoms with Crippen molar-refractivity contribution in [3.8, 4) is 0 Å². The molecule has 0 bridgehead atoms. The first-order valence-corrected chi connectivity index (χ1v) is 5.60. The van der Waals surface area contributed by atoms with E-state index in [2.05, 4.69) is 10.3 Å². The van der Waals surface area contributed by atoms with Gasteiger partial charge in [-0.2, -0.15) is 4.98 Å². The fourth-order valence-corrected chi connectivity index (χ4v) is 1.75. The molecule has 2 aromatic carbocycles. The van der Waals surface area contributed by atoms with Crippen LogP contribution in [0.3, 0.4) is 0 Å². The lowest BCUT2D eigenvalue weighted by molar-refractivity contribution is 0.621. The van der Waals surface area contributed by atoms with Crippen molar-refractivity contribution in [1.29, 1.82) is 0 Å². The normalized spacial score (nSPS) is 10.8. The number of nitrogens with one attached hydrogen (secondary N) is 1. The highest BCUT2D eigenvalue weighted by Crippen LogP contribution is 2.22. The molecule has 0 saturated heterocycles. The first-order valence-electron chi connectivity index (χ1n) is 5.60. The van der Waals surface area contributed by atoms with E-state index in [0.29, 0.717) is 6.01 Å². The summed E-state index contributed by atoms with van der Waals surface area (Å²) in [5.74, 6) is -0.270. The summed E-state index contributed by atoms with van der Waals surface area (Å²) in [7, 11) is 0. The molecule has 3 aromatic rings. The van der Waals surface area contributed by atoms with Crippen molar-refractivity contribution in [3.05, 3.63) is 53.8 Å². The minimum absolute atomic E-state index is 0.270. The molecule has 0 radical (unpaired) electrons. The first-order chi connectivity index (χ1) is 8.70. The fourth-order valence-electron chi connectivity index (χ4n) is 1.75. The SMILES string of the molecule is Cc1ccc2oc(Nc3ccc(F)cc3)nc2c1. The molecule has 90 valence electrons. The monoisotopic (exact) mass is 242 g/mol. The summed E-state index contributed by atoms with van der Waals surface area (Å²) in [6, 6.07) is 12.2. The Morgan fingerprint density at radius 1 is 1.11 bits per heavy atom. The third-order valence-electron chi connectivity index (χ3n) is 2.64. The molecule has 3 rings (SSSR count). The van der Waals surface area contributed by atoms with Crippen LogP contribution in [0, 0.1) is 12.7 Å². The zero-order valence-electron chi connectivity index (χ0n) is 9.77. The van der Waals surface area contributed by atoms with Gasteiger partial charge >= 0.3 is 0 Å². The van der Waals surface area contributed by atoms with Crippen molar-refractivity contribution >= 4 is 22.8 Å². The van der Waals surface area contributed by atoms with Gasteiger partial charge in [-0.15, -0.1) is 0 Å². The third-order valence-corrected chi connectivity index (χ3v) is 2.64. The zero-order valence-corrected chi connectivity index (χ0v) is 9.77. The second kappa shape index (κ2) is 4.14. The average molecular weight is 242 g/mol. The summed E-state index contributed by atoms with van der Waals surface area (Å²) in [6.45, 7) is 2.00. The number of aromatic nitrogens is 1. The quantitative estimate of drug-likeness (QED) is 0.737. The molecule has 4 heteroatoms. The number of fused-ring (bicyclic) bond motifs is 1. The van der Waals surface area contributed by atoms with Gasteiger partial charge < -0.3 is 9.73 Å². The van der Waals surface area contributed by atoms with Gasteiger partial charge in [-0.05, 0) is 48.9 Å². The van der Waals surface area contributed by atoms with E-state index < -0.39 is 0 Å². The van der Waals surface area contributed by atoms with Crippen molar-refractivity contribution in [1.82, 2.24) is 4.98 Å². The van der Waals surface area contributed by atoms with Crippen molar-refractivity contribution in [2.24, 2.45) is 0 Å². The highest BCUT2D eigenvalue weighted by Gasteiger charge is 2.05. The largest absolute Gasteiger partial charge is 0.423 e. The highest BCUT2D eigenvalue weighted by molar-refractivity contribution is 5.76. The van der Waals surface area contributed by atoms with Crippen LogP contribution in [0.25, 0.3) is 11.1 Å². The van der Waals surface area contributed by atoms with Crippen molar-refractivity contribution < 1.29 is 8.81 Å². The Bertz CT molecular complexity index is 689. The Labute approximate surface area is 103 Å². The van der Waals surface area contributed by atoms with Gasteiger partial charge in [-0.3, -0.25) is 0 Å². The maximum absolute atomic E-state index is 12.8. The Hall–Kier alpha value is -2.36. The summed E-state index contributed by atoms with van der Waals surface area (Å²) >= 11 is 0. The van der Waals surface area contributed by atoms with Gasteiger partial charge in [0.15, 0.2) is 5.58 Å². The Morgan fingerprint density at radius 2 is 1.89 bits per heavy atom. The first kappa shape index (κ1) is 10.8. The predicted octanol–water partition coefficient (Wildman–Crippen LogP) is 4.02. The van der Waals surface area contributed by atoms with Crippen LogP contribution in [0.1, 0.15) is 5.56 Å². The number of hydrogen-bond acceptors (Lipinski definition) is 3. The zero-order chi connectivity index (χ0) is 12.5. The molecule has 0 unspecified atom stereocenters. The summed E-state index contributed by atoms with van der Waals surface area (Å²) in [6.07, 6.45) is 0. The van der Waals surface area contributed by atoms with E-state index in [1.54, 1.807) is 12.1 Å². The molecule has 0 amide bonds. The molecule has 1 aromatic heterocycles. The number of aryl methyl sites for hydroxylation is 1. The molecular formula is C14H11FN2O. The van der Waals surface area contributed by atoms with E-state index in [1.165, 1.54) is 12.1 Å². The van der Waals surface area contributed by atoms with Crippen LogP contribution in [0.4, 0.5) is 16.1 Å². The average Bonchev–Trinajstić information content (AvgIpc) is 2.73.